The lowest BCUT2D eigenvalue weighted by Gasteiger charge is -2.29. The van der Waals surface area contributed by atoms with Crippen LogP contribution in [0.1, 0.15) is 24.3 Å². The molecule has 0 saturated carbocycles. The third-order valence-corrected chi connectivity index (χ3v) is 4.34. The molecular formula is C18H22N2. The quantitative estimate of drug-likeness (QED) is 0.839. The van der Waals surface area contributed by atoms with Crippen molar-refractivity contribution in [1.29, 1.82) is 0 Å². The number of rotatable bonds is 2. The Labute approximate surface area is 121 Å². The van der Waals surface area contributed by atoms with Crippen molar-refractivity contribution in [3.05, 3.63) is 54.1 Å². The van der Waals surface area contributed by atoms with E-state index in [9.17, 15) is 0 Å². The summed E-state index contributed by atoms with van der Waals surface area (Å²) in [5.41, 5.74) is 10.5. The van der Waals surface area contributed by atoms with Crippen LogP contribution in [0.3, 0.4) is 0 Å². The van der Waals surface area contributed by atoms with Crippen LogP contribution in [0.2, 0.25) is 0 Å². The van der Waals surface area contributed by atoms with Gasteiger partial charge in [-0.3, -0.25) is 0 Å². The van der Waals surface area contributed by atoms with Gasteiger partial charge in [-0.15, -0.1) is 0 Å². The van der Waals surface area contributed by atoms with Crippen molar-refractivity contribution in [2.75, 3.05) is 25.9 Å². The Morgan fingerprint density at radius 3 is 1.90 bits per heavy atom. The molecule has 0 atom stereocenters. The normalized spacial score (nSPS) is 17.2. The first-order valence-corrected chi connectivity index (χ1v) is 7.37. The summed E-state index contributed by atoms with van der Waals surface area (Å²) in [6.45, 7) is 2.43. The zero-order chi connectivity index (χ0) is 13.9. The fraction of sp³-hybridized carbons (Fsp3) is 0.333. The summed E-state index contributed by atoms with van der Waals surface area (Å²) in [6.07, 6.45) is 2.55. The van der Waals surface area contributed by atoms with Crippen LogP contribution in [-0.4, -0.2) is 25.0 Å². The fourth-order valence-corrected chi connectivity index (χ4v) is 2.97. The number of hydrogen-bond donors (Lipinski definition) is 1. The maximum atomic E-state index is 5.73. The molecule has 104 valence electrons. The van der Waals surface area contributed by atoms with Gasteiger partial charge in [0.2, 0.25) is 0 Å². The summed E-state index contributed by atoms with van der Waals surface area (Å²) in [5.74, 6) is 0.728. The highest BCUT2D eigenvalue weighted by atomic mass is 15.1. The second kappa shape index (κ2) is 5.68. The molecule has 1 saturated heterocycles. The molecule has 0 bridgehead atoms. The largest absolute Gasteiger partial charge is 0.399 e. The Hall–Kier alpha value is -1.80. The minimum atomic E-state index is 0.728. The molecule has 1 fully saturated rings. The van der Waals surface area contributed by atoms with Crippen molar-refractivity contribution in [2.45, 2.75) is 18.8 Å². The molecule has 3 rings (SSSR count). The van der Waals surface area contributed by atoms with Gasteiger partial charge in [-0.05, 0) is 67.7 Å². The van der Waals surface area contributed by atoms with Crippen molar-refractivity contribution in [3.63, 3.8) is 0 Å². The summed E-state index contributed by atoms with van der Waals surface area (Å²) in [5, 5.41) is 0. The summed E-state index contributed by atoms with van der Waals surface area (Å²) in [4.78, 5) is 2.42. The van der Waals surface area contributed by atoms with Crippen LogP contribution in [0.15, 0.2) is 48.5 Å². The second-order valence-corrected chi connectivity index (χ2v) is 5.82. The van der Waals surface area contributed by atoms with Gasteiger partial charge in [-0.25, -0.2) is 0 Å². The summed E-state index contributed by atoms with van der Waals surface area (Å²) in [6, 6.07) is 17.1. The maximum absolute atomic E-state index is 5.73. The summed E-state index contributed by atoms with van der Waals surface area (Å²) in [7, 11) is 2.21. The Kier molecular flexibility index (Phi) is 3.75. The van der Waals surface area contributed by atoms with Crippen molar-refractivity contribution in [2.24, 2.45) is 0 Å². The van der Waals surface area contributed by atoms with E-state index in [1.54, 1.807) is 0 Å². The van der Waals surface area contributed by atoms with Crippen LogP contribution in [0.5, 0.6) is 0 Å². The zero-order valence-electron chi connectivity index (χ0n) is 12.0. The third-order valence-electron chi connectivity index (χ3n) is 4.34. The van der Waals surface area contributed by atoms with Gasteiger partial charge in [0.1, 0.15) is 0 Å². The Bertz CT molecular complexity index is 549. The maximum Gasteiger partial charge on any atom is 0.0314 e. The van der Waals surface area contributed by atoms with E-state index in [4.69, 9.17) is 5.73 Å². The average molecular weight is 266 g/mol. The first-order chi connectivity index (χ1) is 9.72. The SMILES string of the molecule is CN1CCC(c2ccc(-c3ccc(N)cc3)cc2)CC1. The minimum absolute atomic E-state index is 0.728. The van der Waals surface area contributed by atoms with Gasteiger partial charge in [-0.2, -0.15) is 0 Å². The minimum Gasteiger partial charge on any atom is -0.399 e. The van der Waals surface area contributed by atoms with Crippen LogP contribution < -0.4 is 5.73 Å². The topological polar surface area (TPSA) is 29.3 Å². The van der Waals surface area contributed by atoms with Crippen LogP contribution in [0.25, 0.3) is 11.1 Å². The van der Waals surface area contributed by atoms with Gasteiger partial charge in [0, 0.05) is 5.69 Å². The Morgan fingerprint density at radius 1 is 0.850 bits per heavy atom. The van der Waals surface area contributed by atoms with Crippen LogP contribution >= 0.6 is 0 Å². The number of likely N-dealkylation sites (tertiary alicyclic amines) is 1. The van der Waals surface area contributed by atoms with Crippen molar-refractivity contribution >= 4 is 5.69 Å². The standard InChI is InChI=1S/C18H22N2/c1-20-12-10-17(11-13-20)15-4-2-14(3-5-15)16-6-8-18(19)9-7-16/h2-9,17H,10-13,19H2,1H3. The van der Waals surface area contributed by atoms with Crippen molar-refractivity contribution in [3.8, 4) is 11.1 Å². The van der Waals surface area contributed by atoms with Crippen molar-refractivity contribution in [1.82, 2.24) is 4.90 Å². The molecular weight excluding hydrogens is 244 g/mol. The van der Waals surface area contributed by atoms with E-state index in [-0.39, 0.29) is 0 Å². The molecule has 2 nitrogen and oxygen atoms in total. The predicted molar refractivity (Wildman–Crippen MR) is 85.8 cm³/mol. The fourth-order valence-electron chi connectivity index (χ4n) is 2.97. The molecule has 1 aliphatic rings. The number of benzene rings is 2. The molecule has 2 heteroatoms. The molecule has 2 N–H and O–H groups in total. The number of nitrogen functional groups attached to an aromatic ring is 1. The highest BCUT2D eigenvalue weighted by molar-refractivity contribution is 5.65. The first-order valence-electron chi connectivity index (χ1n) is 7.37. The molecule has 0 aromatic heterocycles. The van der Waals surface area contributed by atoms with Crippen molar-refractivity contribution < 1.29 is 0 Å². The van der Waals surface area contributed by atoms with E-state index in [1.165, 1.54) is 42.6 Å². The summed E-state index contributed by atoms with van der Waals surface area (Å²) < 4.78 is 0. The van der Waals surface area contributed by atoms with Gasteiger partial charge in [-0.1, -0.05) is 36.4 Å². The molecule has 20 heavy (non-hydrogen) atoms. The van der Waals surface area contributed by atoms with Crippen LogP contribution in [-0.2, 0) is 0 Å². The van der Waals surface area contributed by atoms with Gasteiger partial charge in [0.05, 0.1) is 0 Å². The van der Waals surface area contributed by atoms with Gasteiger partial charge < -0.3 is 10.6 Å². The van der Waals surface area contributed by atoms with E-state index in [0.717, 1.165) is 11.6 Å². The lowest BCUT2D eigenvalue weighted by molar-refractivity contribution is 0.255. The van der Waals surface area contributed by atoms with E-state index in [0.29, 0.717) is 0 Å². The number of nitrogens with zero attached hydrogens (tertiary/aromatic N) is 1. The van der Waals surface area contributed by atoms with E-state index < -0.39 is 0 Å². The highest BCUT2D eigenvalue weighted by Gasteiger charge is 2.18. The third kappa shape index (κ3) is 2.86. The second-order valence-electron chi connectivity index (χ2n) is 5.82. The lowest BCUT2D eigenvalue weighted by Crippen LogP contribution is -2.29. The molecule has 1 aliphatic heterocycles. The van der Waals surface area contributed by atoms with E-state index >= 15 is 0 Å². The number of piperidine rings is 1. The number of nitrogens with two attached hydrogens (primary N) is 1. The molecule has 0 aliphatic carbocycles. The molecule has 1 heterocycles. The Morgan fingerprint density at radius 2 is 1.35 bits per heavy atom. The van der Waals surface area contributed by atoms with Gasteiger partial charge in [0.15, 0.2) is 0 Å². The molecule has 2 aromatic rings. The molecule has 0 radical (unpaired) electrons. The average Bonchev–Trinajstić information content (AvgIpc) is 2.49. The van der Waals surface area contributed by atoms with Gasteiger partial charge in [0.25, 0.3) is 0 Å². The Balaban J connectivity index is 1.76. The number of anilines is 1. The molecule has 2 aromatic carbocycles. The first kappa shape index (κ1) is 13.2. The molecule has 0 unspecified atom stereocenters. The monoisotopic (exact) mass is 266 g/mol. The van der Waals surface area contributed by atoms with Crippen LogP contribution in [0, 0.1) is 0 Å². The summed E-state index contributed by atoms with van der Waals surface area (Å²) >= 11 is 0. The lowest BCUT2D eigenvalue weighted by atomic mass is 9.88. The number of hydrogen-bond acceptors (Lipinski definition) is 2. The van der Waals surface area contributed by atoms with E-state index in [2.05, 4.69) is 48.3 Å². The van der Waals surface area contributed by atoms with Gasteiger partial charge >= 0.3 is 0 Å². The smallest absolute Gasteiger partial charge is 0.0314 e. The highest BCUT2D eigenvalue weighted by Crippen LogP contribution is 2.29. The van der Waals surface area contributed by atoms with Crippen LogP contribution in [0.4, 0.5) is 5.69 Å². The predicted octanol–water partition coefficient (Wildman–Crippen LogP) is 3.75. The van der Waals surface area contributed by atoms with E-state index in [1.807, 2.05) is 12.1 Å². The zero-order valence-corrected chi connectivity index (χ0v) is 12.0. The molecule has 0 spiro atoms. The molecule has 0 amide bonds.